The number of aromatic nitrogens is 1. The Morgan fingerprint density at radius 1 is 1.19 bits per heavy atom. The Morgan fingerprint density at radius 3 is 2.70 bits per heavy atom. The number of rotatable bonds is 3. The van der Waals surface area contributed by atoms with E-state index in [1.807, 2.05) is 0 Å². The number of halogens is 1. The van der Waals surface area contributed by atoms with E-state index in [4.69, 9.17) is 0 Å². The number of piperidine rings is 1. The Morgan fingerprint density at radius 2 is 1.96 bits per heavy atom. The smallest absolute Gasteiger partial charge is 0.332 e. The lowest BCUT2D eigenvalue weighted by Gasteiger charge is -2.32. The van der Waals surface area contributed by atoms with Gasteiger partial charge < -0.3 is 10.2 Å². The Kier molecular flexibility index (Phi) is 4.31. The number of amides is 4. The van der Waals surface area contributed by atoms with Crippen molar-refractivity contribution in [1.82, 2.24) is 15.2 Å². The van der Waals surface area contributed by atoms with Gasteiger partial charge in [-0.25, -0.2) is 14.1 Å². The van der Waals surface area contributed by atoms with Crippen LogP contribution in [0.1, 0.15) is 23.2 Å². The fourth-order valence-corrected chi connectivity index (χ4v) is 3.56. The number of urea groups is 1. The van der Waals surface area contributed by atoms with Crippen molar-refractivity contribution in [1.29, 1.82) is 0 Å². The highest BCUT2D eigenvalue weighted by Gasteiger charge is 2.48. The number of imide groups is 1. The summed E-state index contributed by atoms with van der Waals surface area (Å²) in [6.45, 7) is 0.350. The molecule has 4 rings (SSSR count). The molecule has 0 aliphatic carbocycles. The summed E-state index contributed by atoms with van der Waals surface area (Å²) in [5, 5.41) is 2.91. The minimum Gasteiger partial charge on any atom is -0.349 e. The average molecular weight is 368 g/mol. The van der Waals surface area contributed by atoms with Crippen molar-refractivity contribution in [3.8, 4) is 0 Å². The first kappa shape index (κ1) is 17.1. The lowest BCUT2D eigenvalue weighted by Crippen LogP contribution is -2.49. The predicted molar refractivity (Wildman–Crippen MR) is 94.5 cm³/mol. The number of hydrogen-bond acceptors (Lipinski definition) is 4. The second-order valence-corrected chi connectivity index (χ2v) is 6.58. The van der Waals surface area contributed by atoms with E-state index in [9.17, 15) is 18.8 Å². The van der Waals surface area contributed by atoms with Crippen molar-refractivity contribution in [3.63, 3.8) is 0 Å². The van der Waals surface area contributed by atoms with Crippen molar-refractivity contribution >= 4 is 23.5 Å². The van der Waals surface area contributed by atoms with Gasteiger partial charge in [-0.3, -0.25) is 14.6 Å². The summed E-state index contributed by atoms with van der Waals surface area (Å²) in [6, 6.07) is 7.30. The predicted octanol–water partition coefficient (Wildman–Crippen LogP) is 1.95. The highest BCUT2D eigenvalue weighted by atomic mass is 19.1. The van der Waals surface area contributed by atoms with Gasteiger partial charge in [0.1, 0.15) is 11.9 Å². The molecule has 0 saturated carbocycles. The summed E-state index contributed by atoms with van der Waals surface area (Å²) < 4.78 is 13.5. The number of carbonyl (C=O) groups excluding carboxylic acids is 3. The summed E-state index contributed by atoms with van der Waals surface area (Å²) in [7, 11) is 0. The molecule has 1 N–H and O–H groups in total. The van der Waals surface area contributed by atoms with Gasteiger partial charge in [-0.1, -0.05) is 6.07 Å². The molecule has 8 heteroatoms. The van der Waals surface area contributed by atoms with E-state index in [0.29, 0.717) is 24.9 Å². The van der Waals surface area contributed by atoms with Gasteiger partial charge in [0, 0.05) is 30.5 Å². The number of carbonyl (C=O) groups is 3. The highest BCUT2D eigenvalue weighted by Crippen LogP contribution is 2.31. The number of nitrogens with zero attached hydrogens (tertiary/aromatic N) is 3. The number of nitrogens with one attached hydrogen (secondary N) is 1. The molecule has 3 heterocycles. The Balaban J connectivity index is 1.49. The maximum Gasteiger partial charge on any atom is 0.332 e. The van der Waals surface area contributed by atoms with Gasteiger partial charge in [-0.2, -0.15) is 0 Å². The van der Waals surface area contributed by atoms with E-state index in [0.717, 1.165) is 11.0 Å². The van der Waals surface area contributed by atoms with Crippen molar-refractivity contribution in [2.24, 2.45) is 0 Å². The third kappa shape index (κ3) is 3.14. The molecule has 0 unspecified atom stereocenters. The van der Waals surface area contributed by atoms with Crippen LogP contribution < -0.4 is 10.2 Å². The van der Waals surface area contributed by atoms with Gasteiger partial charge >= 0.3 is 6.03 Å². The molecule has 2 atom stereocenters. The fraction of sp³-hybridized carbons (Fsp3) is 0.263. The summed E-state index contributed by atoms with van der Waals surface area (Å²) >= 11 is 0. The summed E-state index contributed by atoms with van der Waals surface area (Å²) in [5.74, 6) is -1.15. The van der Waals surface area contributed by atoms with Gasteiger partial charge in [0.15, 0.2) is 0 Å². The zero-order valence-corrected chi connectivity index (χ0v) is 14.3. The van der Waals surface area contributed by atoms with Crippen molar-refractivity contribution in [3.05, 3.63) is 60.2 Å². The van der Waals surface area contributed by atoms with E-state index in [1.165, 1.54) is 35.5 Å². The second kappa shape index (κ2) is 6.79. The summed E-state index contributed by atoms with van der Waals surface area (Å²) in [4.78, 5) is 44.1. The number of hydrogen-bond donors (Lipinski definition) is 1. The van der Waals surface area contributed by atoms with Crippen LogP contribution in [-0.2, 0) is 4.79 Å². The van der Waals surface area contributed by atoms with Gasteiger partial charge in [0.2, 0.25) is 0 Å². The lowest BCUT2D eigenvalue weighted by molar-refractivity contribution is -0.120. The lowest BCUT2D eigenvalue weighted by atomic mass is 9.97. The first-order valence-corrected chi connectivity index (χ1v) is 8.65. The molecule has 4 amide bonds. The van der Waals surface area contributed by atoms with Crippen LogP contribution >= 0.6 is 0 Å². The normalized spacial score (nSPS) is 22.0. The van der Waals surface area contributed by atoms with Crippen LogP contribution in [0.5, 0.6) is 0 Å². The summed E-state index contributed by atoms with van der Waals surface area (Å²) in [5.41, 5.74) is 0.708. The van der Waals surface area contributed by atoms with Gasteiger partial charge in [-0.05, 0) is 43.2 Å². The molecular formula is C19H17FN4O3. The highest BCUT2D eigenvalue weighted by molar-refractivity contribution is 6.21. The third-order valence-corrected chi connectivity index (χ3v) is 4.89. The van der Waals surface area contributed by atoms with Crippen molar-refractivity contribution in [2.45, 2.75) is 24.9 Å². The van der Waals surface area contributed by atoms with E-state index >= 15 is 0 Å². The molecule has 0 bridgehead atoms. The molecule has 2 aromatic rings. The van der Waals surface area contributed by atoms with Crippen molar-refractivity contribution < 1.29 is 18.8 Å². The second-order valence-electron chi connectivity index (χ2n) is 6.58. The molecule has 1 aromatic heterocycles. The minimum absolute atomic E-state index is 0.219. The van der Waals surface area contributed by atoms with E-state index in [-0.39, 0.29) is 17.6 Å². The molecule has 7 nitrogen and oxygen atoms in total. The summed E-state index contributed by atoms with van der Waals surface area (Å²) in [6.07, 6.45) is 3.94. The topological polar surface area (TPSA) is 82.6 Å². The molecule has 2 saturated heterocycles. The molecule has 0 spiro atoms. The SMILES string of the molecule is O=C(N[C@H]1CCN2C(=O)N(c3cccc(F)c3)C(=O)[C@@H]2C1)c1ccncc1. The Hall–Kier alpha value is -3.29. The standard InChI is InChI=1S/C19H17FN4O3/c20-13-2-1-3-15(10-13)24-18(26)16-11-14(6-9-23(16)19(24)27)22-17(25)12-4-7-21-8-5-12/h1-5,7-8,10,14,16H,6,9,11H2,(H,22,25)/t14-,16-/m0/s1. The van der Waals surface area contributed by atoms with Crippen LogP contribution in [-0.4, -0.2) is 46.4 Å². The molecular weight excluding hydrogens is 351 g/mol. The van der Waals surface area contributed by atoms with Gasteiger partial charge in [-0.15, -0.1) is 0 Å². The fourth-order valence-electron chi connectivity index (χ4n) is 3.56. The molecule has 138 valence electrons. The molecule has 2 aliphatic heterocycles. The quantitative estimate of drug-likeness (QED) is 0.840. The third-order valence-electron chi connectivity index (χ3n) is 4.89. The average Bonchev–Trinajstić information content (AvgIpc) is 2.92. The van der Waals surface area contributed by atoms with Crippen LogP contribution in [0.3, 0.4) is 0 Å². The van der Waals surface area contributed by atoms with E-state index < -0.39 is 23.8 Å². The largest absolute Gasteiger partial charge is 0.349 e. The molecule has 2 aliphatic rings. The molecule has 2 fully saturated rings. The van der Waals surface area contributed by atoms with E-state index in [2.05, 4.69) is 10.3 Å². The van der Waals surface area contributed by atoms with E-state index in [1.54, 1.807) is 12.1 Å². The van der Waals surface area contributed by atoms with Gasteiger partial charge in [0.25, 0.3) is 11.8 Å². The molecule has 1 aromatic carbocycles. The maximum atomic E-state index is 13.5. The number of pyridine rings is 1. The Bertz CT molecular complexity index is 905. The number of anilines is 1. The van der Waals surface area contributed by atoms with Crippen LogP contribution in [0.15, 0.2) is 48.8 Å². The van der Waals surface area contributed by atoms with Crippen LogP contribution in [0.25, 0.3) is 0 Å². The first-order valence-electron chi connectivity index (χ1n) is 8.65. The van der Waals surface area contributed by atoms with Gasteiger partial charge in [0.05, 0.1) is 5.69 Å². The number of benzene rings is 1. The zero-order valence-electron chi connectivity index (χ0n) is 14.3. The maximum absolute atomic E-state index is 13.5. The monoisotopic (exact) mass is 368 g/mol. The Labute approximate surface area is 154 Å². The van der Waals surface area contributed by atoms with Crippen molar-refractivity contribution in [2.75, 3.05) is 11.4 Å². The van der Waals surface area contributed by atoms with Crippen LogP contribution in [0, 0.1) is 5.82 Å². The molecule has 27 heavy (non-hydrogen) atoms. The zero-order chi connectivity index (χ0) is 19.0. The van der Waals surface area contributed by atoms with Crippen LogP contribution in [0.2, 0.25) is 0 Å². The first-order chi connectivity index (χ1) is 13.0. The molecule has 0 radical (unpaired) electrons. The number of fused-ring (bicyclic) bond motifs is 1. The minimum atomic E-state index is -0.655. The van der Waals surface area contributed by atoms with Crippen LogP contribution in [0.4, 0.5) is 14.9 Å².